The van der Waals surface area contributed by atoms with Crippen LogP contribution in [-0.4, -0.2) is 31.2 Å². The van der Waals surface area contributed by atoms with Crippen molar-refractivity contribution < 1.29 is 5.11 Å². The number of aliphatic hydroxyl groups excluding tert-OH is 1. The van der Waals surface area contributed by atoms with Gasteiger partial charge in [-0.3, -0.25) is 9.48 Å². The molecule has 0 saturated carbocycles. The number of halogens is 1. The van der Waals surface area contributed by atoms with Crippen LogP contribution in [0.4, 0.5) is 5.69 Å². The Morgan fingerprint density at radius 1 is 1.25 bits per heavy atom. The van der Waals surface area contributed by atoms with Crippen LogP contribution in [0.3, 0.4) is 0 Å². The lowest BCUT2D eigenvalue weighted by molar-refractivity contribution is 0.191. The number of aromatic nitrogens is 4. The van der Waals surface area contributed by atoms with Crippen LogP contribution in [0.15, 0.2) is 53.7 Å². The summed E-state index contributed by atoms with van der Waals surface area (Å²) in [6.45, 7) is 0.182. The van der Waals surface area contributed by atoms with Crippen LogP contribution in [0, 0.1) is 0 Å². The van der Waals surface area contributed by atoms with Gasteiger partial charge in [0.1, 0.15) is 5.02 Å². The first kappa shape index (κ1) is 16.2. The lowest BCUT2D eigenvalue weighted by Crippen LogP contribution is -2.23. The van der Waals surface area contributed by atoms with Crippen molar-refractivity contribution >= 4 is 17.3 Å². The maximum Gasteiger partial charge on any atom is 0.292 e. The topological polar surface area (TPSA) is 85.0 Å². The number of nitrogens with zero attached hydrogens (tertiary/aromatic N) is 4. The highest BCUT2D eigenvalue weighted by molar-refractivity contribution is 6.32. The van der Waals surface area contributed by atoms with E-state index >= 15 is 0 Å². The van der Waals surface area contributed by atoms with Crippen molar-refractivity contribution in [2.24, 2.45) is 7.05 Å². The zero-order valence-corrected chi connectivity index (χ0v) is 13.7. The molecule has 1 unspecified atom stereocenters. The highest BCUT2D eigenvalue weighted by atomic mass is 35.5. The summed E-state index contributed by atoms with van der Waals surface area (Å²) in [6.07, 6.45) is 4.00. The van der Waals surface area contributed by atoms with Crippen LogP contribution in [0.1, 0.15) is 11.7 Å². The molecule has 0 amide bonds. The quantitative estimate of drug-likeness (QED) is 0.736. The molecular formula is C16H16ClN5O2. The maximum absolute atomic E-state index is 12.4. The van der Waals surface area contributed by atoms with Crippen molar-refractivity contribution in [2.75, 3.05) is 11.9 Å². The molecule has 8 heteroatoms. The van der Waals surface area contributed by atoms with E-state index in [0.717, 1.165) is 0 Å². The third-order valence-corrected chi connectivity index (χ3v) is 3.88. The Balaban J connectivity index is 1.78. The number of hydrogen-bond acceptors (Lipinski definition) is 5. The second-order valence-corrected chi connectivity index (χ2v) is 5.65. The SMILES string of the molecule is Cn1cc(C(O)CNc2cnn(-c3ccccc3)c(=O)c2Cl)cn1. The average molecular weight is 346 g/mol. The molecule has 1 atom stereocenters. The molecule has 0 aliphatic heterocycles. The zero-order chi connectivity index (χ0) is 17.1. The van der Waals surface area contributed by atoms with Gasteiger partial charge in [-0.25, -0.2) is 0 Å². The summed E-state index contributed by atoms with van der Waals surface area (Å²) >= 11 is 6.15. The van der Waals surface area contributed by atoms with Gasteiger partial charge >= 0.3 is 0 Å². The second-order valence-electron chi connectivity index (χ2n) is 5.27. The standard InChI is InChI=1S/C16H16ClN5O2/c1-21-10-11(7-19-21)14(23)9-18-13-8-20-22(16(24)15(13)17)12-5-3-2-4-6-12/h2-8,10,14,18,23H,9H2,1H3. The van der Waals surface area contributed by atoms with Gasteiger partial charge in [0.25, 0.3) is 5.56 Å². The summed E-state index contributed by atoms with van der Waals surface area (Å²) in [5.74, 6) is 0. The van der Waals surface area contributed by atoms with Gasteiger partial charge in [-0.15, -0.1) is 0 Å². The summed E-state index contributed by atoms with van der Waals surface area (Å²) in [5, 5.41) is 21.2. The number of anilines is 1. The number of benzene rings is 1. The minimum absolute atomic E-state index is 0.0206. The number of hydrogen-bond donors (Lipinski definition) is 2. The number of aryl methyl sites for hydroxylation is 1. The molecule has 0 saturated heterocycles. The van der Waals surface area contributed by atoms with Gasteiger partial charge in [-0.2, -0.15) is 14.9 Å². The predicted octanol–water partition coefficient (Wildman–Crippen LogP) is 1.76. The van der Waals surface area contributed by atoms with Crippen molar-refractivity contribution in [1.29, 1.82) is 0 Å². The second kappa shape index (κ2) is 6.86. The van der Waals surface area contributed by atoms with Crippen LogP contribution >= 0.6 is 11.6 Å². The van der Waals surface area contributed by atoms with Crippen molar-refractivity contribution in [3.63, 3.8) is 0 Å². The molecule has 2 aromatic heterocycles. The fourth-order valence-corrected chi connectivity index (χ4v) is 2.44. The van der Waals surface area contributed by atoms with E-state index in [-0.39, 0.29) is 11.6 Å². The van der Waals surface area contributed by atoms with Crippen LogP contribution in [0.25, 0.3) is 5.69 Å². The van der Waals surface area contributed by atoms with Gasteiger partial charge in [0, 0.05) is 25.4 Å². The molecule has 24 heavy (non-hydrogen) atoms. The van der Waals surface area contributed by atoms with E-state index in [1.807, 2.05) is 18.2 Å². The monoisotopic (exact) mass is 345 g/mol. The smallest absolute Gasteiger partial charge is 0.292 e. The Kier molecular flexibility index (Phi) is 4.64. The van der Waals surface area contributed by atoms with Crippen LogP contribution < -0.4 is 10.9 Å². The van der Waals surface area contributed by atoms with E-state index < -0.39 is 11.7 Å². The fraction of sp³-hybridized carbons (Fsp3) is 0.188. The molecule has 0 fully saturated rings. The van der Waals surface area contributed by atoms with Crippen LogP contribution in [-0.2, 0) is 7.05 Å². The predicted molar refractivity (Wildman–Crippen MR) is 91.5 cm³/mol. The molecule has 3 rings (SSSR count). The van der Waals surface area contributed by atoms with Gasteiger partial charge in [-0.05, 0) is 12.1 Å². The minimum atomic E-state index is -0.772. The molecule has 0 aliphatic carbocycles. The normalized spacial score (nSPS) is 12.1. The molecule has 0 bridgehead atoms. The van der Waals surface area contributed by atoms with Gasteiger partial charge in [-0.1, -0.05) is 29.8 Å². The largest absolute Gasteiger partial charge is 0.386 e. The van der Waals surface area contributed by atoms with E-state index in [1.54, 1.807) is 36.3 Å². The summed E-state index contributed by atoms with van der Waals surface area (Å²) in [7, 11) is 1.77. The van der Waals surface area contributed by atoms with Crippen molar-refractivity contribution in [3.8, 4) is 5.69 Å². The molecule has 0 spiro atoms. The summed E-state index contributed by atoms with van der Waals surface area (Å²) in [4.78, 5) is 12.4. The summed E-state index contributed by atoms with van der Waals surface area (Å²) in [6, 6.07) is 9.02. The Morgan fingerprint density at radius 3 is 2.67 bits per heavy atom. The van der Waals surface area contributed by atoms with Gasteiger partial charge in [0.05, 0.1) is 29.9 Å². The van der Waals surface area contributed by atoms with Crippen molar-refractivity contribution in [1.82, 2.24) is 19.6 Å². The van der Waals surface area contributed by atoms with Gasteiger partial charge < -0.3 is 10.4 Å². The molecule has 7 nitrogen and oxygen atoms in total. The van der Waals surface area contributed by atoms with Crippen molar-refractivity contribution in [2.45, 2.75) is 6.10 Å². The van der Waals surface area contributed by atoms with E-state index in [4.69, 9.17) is 11.6 Å². The van der Waals surface area contributed by atoms with E-state index in [0.29, 0.717) is 16.9 Å². The van der Waals surface area contributed by atoms with Gasteiger partial charge in [0.2, 0.25) is 0 Å². The van der Waals surface area contributed by atoms with E-state index in [2.05, 4.69) is 15.5 Å². The molecule has 2 N–H and O–H groups in total. The Hall–Kier alpha value is -2.64. The molecule has 2 heterocycles. The van der Waals surface area contributed by atoms with Crippen LogP contribution in [0.5, 0.6) is 0 Å². The number of rotatable bonds is 5. The number of aliphatic hydroxyl groups is 1. The first-order chi connectivity index (χ1) is 11.6. The summed E-state index contributed by atoms with van der Waals surface area (Å²) in [5.41, 5.74) is 1.25. The Morgan fingerprint density at radius 2 is 2.00 bits per heavy atom. The molecule has 0 radical (unpaired) electrons. The number of nitrogens with one attached hydrogen (secondary N) is 1. The maximum atomic E-state index is 12.4. The lowest BCUT2D eigenvalue weighted by atomic mass is 10.2. The van der Waals surface area contributed by atoms with Gasteiger partial charge in [0.15, 0.2) is 0 Å². The molecule has 124 valence electrons. The summed E-state index contributed by atoms with van der Waals surface area (Å²) < 4.78 is 2.83. The minimum Gasteiger partial charge on any atom is -0.386 e. The van der Waals surface area contributed by atoms with Crippen LogP contribution in [0.2, 0.25) is 5.02 Å². The molecule has 3 aromatic rings. The zero-order valence-electron chi connectivity index (χ0n) is 12.9. The van der Waals surface area contributed by atoms with E-state index in [9.17, 15) is 9.90 Å². The molecule has 0 aliphatic rings. The fourth-order valence-electron chi connectivity index (χ4n) is 2.25. The Labute approximate surface area is 143 Å². The first-order valence-corrected chi connectivity index (χ1v) is 7.68. The van der Waals surface area contributed by atoms with E-state index in [1.165, 1.54) is 10.9 Å². The third-order valence-electron chi connectivity index (χ3n) is 3.52. The lowest BCUT2D eigenvalue weighted by Gasteiger charge is -2.13. The van der Waals surface area contributed by atoms with Crippen molar-refractivity contribution in [3.05, 3.63) is 69.9 Å². The highest BCUT2D eigenvalue weighted by Gasteiger charge is 2.13. The molecular weight excluding hydrogens is 330 g/mol. The average Bonchev–Trinajstić information content (AvgIpc) is 3.03. The number of para-hydroxylation sites is 1. The Bertz CT molecular complexity index is 891. The highest BCUT2D eigenvalue weighted by Crippen LogP contribution is 2.19. The first-order valence-electron chi connectivity index (χ1n) is 7.30. The third kappa shape index (κ3) is 3.32. The molecule has 1 aromatic carbocycles.